The number of nitrogens with one attached hydrogen (secondary N) is 2. The summed E-state index contributed by atoms with van der Waals surface area (Å²) < 4.78 is 5.28. The number of benzene rings is 3. The van der Waals surface area contributed by atoms with Crippen molar-refractivity contribution in [3.8, 4) is 5.75 Å². The highest BCUT2D eigenvalue weighted by molar-refractivity contribution is 5.94. The summed E-state index contributed by atoms with van der Waals surface area (Å²) in [5.41, 5.74) is 2.81. The molecule has 1 amide bonds. The third-order valence-corrected chi connectivity index (χ3v) is 4.89. The molecule has 29 heavy (non-hydrogen) atoms. The fourth-order valence-corrected chi connectivity index (χ4v) is 3.51. The molecule has 0 saturated carbocycles. The molecular weight excluding hydrogens is 366 g/mol. The highest BCUT2D eigenvalue weighted by Crippen LogP contribution is 2.32. The van der Waals surface area contributed by atoms with Crippen molar-refractivity contribution < 1.29 is 14.3 Å². The molecule has 0 bridgehead atoms. The average Bonchev–Trinajstić information content (AvgIpc) is 2.71. The topological polar surface area (TPSA) is 70.7 Å². The van der Waals surface area contributed by atoms with Crippen LogP contribution >= 0.6 is 0 Å². The molecule has 0 saturated heterocycles. The third-order valence-electron chi connectivity index (χ3n) is 4.89. The Morgan fingerprint density at radius 3 is 2.79 bits per heavy atom. The van der Waals surface area contributed by atoms with Gasteiger partial charge in [0.05, 0.1) is 12.2 Å². The summed E-state index contributed by atoms with van der Waals surface area (Å²) in [6.07, 6.45) is 0. The lowest BCUT2D eigenvalue weighted by atomic mass is 10.1. The van der Waals surface area contributed by atoms with Gasteiger partial charge in [0.1, 0.15) is 6.54 Å². The van der Waals surface area contributed by atoms with Crippen LogP contribution in [0.1, 0.15) is 5.56 Å². The molecule has 1 aliphatic heterocycles. The number of carbonyl (C=O) groups is 2. The molecule has 6 heteroatoms. The van der Waals surface area contributed by atoms with Crippen LogP contribution in [0.2, 0.25) is 0 Å². The normalized spacial score (nSPS) is 13.0. The van der Waals surface area contributed by atoms with E-state index in [-0.39, 0.29) is 25.0 Å². The monoisotopic (exact) mass is 389 g/mol. The van der Waals surface area contributed by atoms with Gasteiger partial charge in [-0.25, -0.2) is 4.79 Å². The number of nitrogens with zero attached hydrogens (tertiary/aromatic N) is 1. The lowest BCUT2D eigenvalue weighted by Gasteiger charge is -2.29. The summed E-state index contributed by atoms with van der Waals surface area (Å²) in [7, 11) is 0. The molecule has 4 rings (SSSR count). The molecule has 2 N–H and O–H groups in total. The van der Waals surface area contributed by atoms with Crippen molar-refractivity contribution in [2.45, 2.75) is 6.92 Å². The number of fused-ring (bicyclic) bond motifs is 2. The Kier molecular flexibility index (Phi) is 5.33. The van der Waals surface area contributed by atoms with Crippen LogP contribution in [0.4, 0.5) is 11.4 Å². The average molecular weight is 389 g/mol. The van der Waals surface area contributed by atoms with E-state index in [4.69, 9.17) is 4.74 Å². The van der Waals surface area contributed by atoms with Crippen LogP contribution in [0, 0.1) is 6.92 Å². The molecule has 6 nitrogen and oxygen atoms in total. The maximum Gasteiger partial charge on any atom is 0.331 e. The van der Waals surface area contributed by atoms with E-state index in [1.807, 2.05) is 49.4 Å². The molecule has 0 spiro atoms. The van der Waals surface area contributed by atoms with Crippen LogP contribution < -0.4 is 20.3 Å². The maximum absolute atomic E-state index is 12.4. The first-order chi connectivity index (χ1) is 14.1. The number of esters is 1. The van der Waals surface area contributed by atoms with Crippen molar-refractivity contribution in [3.63, 3.8) is 0 Å². The predicted octanol–water partition coefficient (Wildman–Crippen LogP) is 3.10. The zero-order valence-corrected chi connectivity index (χ0v) is 16.3. The smallest absolute Gasteiger partial charge is 0.331 e. The SMILES string of the molecule is Cc1ccc2c(c1)OC(=O)CN2CC(=O)NCCNc1cccc2ccccc12. The number of amides is 1. The van der Waals surface area contributed by atoms with Gasteiger partial charge in [-0.3, -0.25) is 4.79 Å². The molecule has 3 aromatic rings. The Labute approximate surface area is 169 Å². The van der Waals surface area contributed by atoms with E-state index in [1.165, 1.54) is 5.39 Å². The first kappa shape index (κ1) is 18.8. The largest absolute Gasteiger partial charge is 0.423 e. The Bertz CT molecular complexity index is 1060. The van der Waals surface area contributed by atoms with E-state index in [0.717, 1.165) is 22.3 Å². The molecule has 3 aromatic carbocycles. The molecule has 0 atom stereocenters. The second-order valence-electron chi connectivity index (χ2n) is 7.10. The Balaban J connectivity index is 1.31. The van der Waals surface area contributed by atoms with Crippen molar-refractivity contribution >= 4 is 34.0 Å². The number of rotatable bonds is 6. The number of hydrogen-bond donors (Lipinski definition) is 2. The summed E-state index contributed by atoms with van der Waals surface area (Å²) in [5, 5.41) is 8.61. The molecule has 1 heterocycles. The molecule has 0 radical (unpaired) electrons. The number of anilines is 2. The number of carbonyl (C=O) groups excluding carboxylic acids is 2. The van der Waals surface area contributed by atoms with Crippen molar-refractivity contribution in [1.82, 2.24) is 5.32 Å². The third kappa shape index (κ3) is 4.32. The minimum absolute atomic E-state index is 0.0672. The highest BCUT2D eigenvalue weighted by atomic mass is 16.5. The van der Waals surface area contributed by atoms with Crippen LogP contribution in [0.15, 0.2) is 60.7 Å². The fraction of sp³-hybridized carbons (Fsp3) is 0.217. The fourth-order valence-electron chi connectivity index (χ4n) is 3.51. The minimum Gasteiger partial charge on any atom is -0.423 e. The summed E-state index contributed by atoms with van der Waals surface area (Å²) in [6.45, 7) is 3.21. The van der Waals surface area contributed by atoms with E-state index >= 15 is 0 Å². The van der Waals surface area contributed by atoms with E-state index in [1.54, 1.807) is 4.90 Å². The molecular formula is C23H23N3O3. The maximum atomic E-state index is 12.4. The van der Waals surface area contributed by atoms with Crippen LogP contribution in [-0.4, -0.2) is 38.1 Å². The van der Waals surface area contributed by atoms with Gasteiger partial charge in [0.25, 0.3) is 0 Å². The van der Waals surface area contributed by atoms with Crippen LogP contribution in [0.3, 0.4) is 0 Å². The van der Waals surface area contributed by atoms with E-state index in [9.17, 15) is 9.59 Å². The van der Waals surface area contributed by atoms with Gasteiger partial charge in [0, 0.05) is 24.2 Å². The van der Waals surface area contributed by atoms with Crippen molar-refractivity contribution in [2.24, 2.45) is 0 Å². The van der Waals surface area contributed by atoms with Gasteiger partial charge in [-0.15, -0.1) is 0 Å². The van der Waals surface area contributed by atoms with Gasteiger partial charge >= 0.3 is 5.97 Å². The molecule has 0 aromatic heterocycles. The second kappa shape index (κ2) is 8.22. The molecule has 0 unspecified atom stereocenters. The van der Waals surface area contributed by atoms with E-state index in [2.05, 4.69) is 28.8 Å². The predicted molar refractivity (Wildman–Crippen MR) is 114 cm³/mol. The Morgan fingerprint density at radius 2 is 1.90 bits per heavy atom. The summed E-state index contributed by atoms with van der Waals surface area (Å²) in [6, 6.07) is 19.9. The van der Waals surface area contributed by atoms with Crippen LogP contribution in [0.25, 0.3) is 10.8 Å². The molecule has 1 aliphatic rings. The van der Waals surface area contributed by atoms with Gasteiger partial charge < -0.3 is 20.3 Å². The van der Waals surface area contributed by atoms with Crippen molar-refractivity contribution in [3.05, 3.63) is 66.2 Å². The van der Waals surface area contributed by atoms with E-state index < -0.39 is 0 Å². The summed E-state index contributed by atoms with van der Waals surface area (Å²) >= 11 is 0. The quantitative estimate of drug-likeness (QED) is 0.385. The molecule has 148 valence electrons. The zero-order valence-electron chi connectivity index (χ0n) is 16.3. The number of aryl methyl sites for hydroxylation is 1. The lowest BCUT2D eigenvalue weighted by Crippen LogP contribution is -2.44. The summed E-state index contributed by atoms with van der Waals surface area (Å²) in [5.74, 6) is 0.0196. The minimum atomic E-state index is -0.353. The van der Waals surface area contributed by atoms with Gasteiger partial charge in [-0.05, 0) is 36.1 Å². The van der Waals surface area contributed by atoms with Gasteiger partial charge in [-0.2, -0.15) is 0 Å². The van der Waals surface area contributed by atoms with Gasteiger partial charge in [0.15, 0.2) is 5.75 Å². The zero-order chi connectivity index (χ0) is 20.2. The van der Waals surface area contributed by atoms with Gasteiger partial charge in [-0.1, -0.05) is 42.5 Å². The van der Waals surface area contributed by atoms with Crippen LogP contribution in [0.5, 0.6) is 5.75 Å². The Morgan fingerprint density at radius 1 is 1.07 bits per heavy atom. The summed E-state index contributed by atoms with van der Waals surface area (Å²) in [4.78, 5) is 26.0. The van der Waals surface area contributed by atoms with Gasteiger partial charge in [0.2, 0.25) is 5.91 Å². The first-order valence-electron chi connectivity index (χ1n) is 9.65. The van der Waals surface area contributed by atoms with Crippen LogP contribution in [-0.2, 0) is 9.59 Å². The Hall–Kier alpha value is -3.54. The van der Waals surface area contributed by atoms with Crippen molar-refractivity contribution in [2.75, 3.05) is 36.4 Å². The van der Waals surface area contributed by atoms with E-state index in [0.29, 0.717) is 18.8 Å². The second-order valence-corrected chi connectivity index (χ2v) is 7.10. The number of ether oxygens (including phenoxy) is 1. The standard InChI is InChI=1S/C23H23N3O3/c1-16-9-10-20-21(13-16)29-23(28)15-26(20)14-22(27)25-12-11-24-19-8-4-6-17-5-2-3-7-18(17)19/h2-10,13,24H,11-12,14-15H2,1H3,(H,25,27). The highest BCUT2D eigenvalue weighted by Gasteiger charge is 2.25. The lowest BCUT2D eigenvalue weighted by molar-refractivity contribution is -0.133. The number of hydrogen-bond acceptors (Lipinski definition) is 5. The van der Waals surface area contributed by atoms with Crippen molar-refractivity contribution in [1.29, 1.82) is 0 Å². The molecule has 0 aliphatic carbocycles. The molecule has 0 fully saturated rings. The first-order valence-corrected chi connectivity index (χ1v) is 9.65.